The molecule has 0 aromatic rings. The van der Waals surface area contributed by atoms with Gasteiger partial charge in [0, 0.05) is 0 Å². The van der Waals surface area contributed by atoms with Gasteiger partial charge in [-0.05, 0) is 18.0 Å². The van der Waals surface area contributed by atoms with Crippen LogP contribution in [0.25, 0.3) is 0 Å². The maximum atomic E-state index is 11.6. The molecule has 0 aromatic carbocycles. The molecule has 1 aliphatic rings. The smallest absolute Gasteiger partial charge is 0.245 e. The molecule has 5 heteroatoms. The highest BCUT2D eigenvalue weighted by atomic mass is 32.2. The molecule has 1 heterocycles. The summed E-state index contributed by atoms with van der Waals surface area (Å²) in [5, 5.41) is 0. The van der Waals surface area contributed by atoms with Gasteiger partial charge in [0.25, 0.3) is 0 Å². The number of nitrogens with one attached hydrogen (secondary N) is 1. The molecule has 0 saturated carbocycles. The summed E-state index contributed by atoms with van der Waals surface area (Å²) in [7, 11) is 0. The average Bonchev–Trinajstić information content (AvgIpc) is 2.08. The summed E-state index contributed by atoms with van der Waals surface area (Å²) in [5.41, 5.74) is 0. The molecule has 1 N–H and O–H groups in total. The first-order valence-corrected chi connectivity index (χ1v) is 2.87. The van der Waals surface area contributed by atoms with Crippen LogP contribution in [0.3, 0.4) is 0 Å². The SMILES string of the molecule is FC(F)(F)C1=C[C]NS1. The Bertz CT molecular complexity index is 139. The van der Waals surface area contributed by atoms with E-state index in [0.717, 1.165) is 6.08 Å². The number of hydrogen-bond donors (Lipinski definition) is 1. The summed E-state index contributed by atoms with van der Waals surface area (Å²) in [6.07, 6.45) is -3.34. The molecule has 0 unspecified atom stereocenters. The van der Waals surface area contributed by atoms with E-state index in [1.165, 1.54) is 0 Å². The van der Waals surface area contributed by atoms with Crippen molar-refractivity contribution in [1.29, 1.82) is 0 Å². The van der Waals surface area contributed by atoms with E-state index in [4.69, 9.17) is 0 Å². The monoisotopic (exact) mass is 153 g/mol. The summed E-state index contributed by atoms with van der Waals surface area (Å²) >= 11 is 0.524. The van der Waals surface area contributed by atoms with Crippen molar-refractivity contribution in [2.75, 3.05) is 0 Å². The third kappa shape index (κ3) is 1.62. The Kier molecular flexibility index (Phi) is 1.72. The minimum atomic E-state index is -4.22. The molecule has 0 fully saturated rings. The van der Waals surface area contributed by atoms with Crippen LogP contribution in [0.5, 0.6) is 0 Å². The van der Waals surface area contributed by atoms with Crippen LogP contribution in [-0.4, -0.2) is 6.18 Å². The van der Waals surface area contributed by atoms with Crippen LogP contribution in [0, 0.1) is 6.54 Å². The Morgan fingerprint density at radius 2 is 2.22 bits per heavy atom. The molecular weight excluding hydrogens is 151 g/mol. The van der Waals surface area contributed by atoms with E-state index in [2.05, 4.69) is 11.3 Å². The van der Waals surface area contributed by atoms with Crippen molar-refractivity contribution in [3.05, 3.63) is 17.5 Å². The van der Waals surface area contributed by atoms with Crippen LogP contribution >= 0.6 is 11.9 Å². The fourth-order valence-corrected chi connectivity index (χ4v) is 0.810. The zero-order valence-corrected chi connectivity index (χ0v) is 4.94. The van der Waals surface area contributed by atoms with E-state index in [1.807, 2.05) is 0 Å². The Morgan fingerprint density at radius 1 is 1.56 bits per heavy atom. The third-order valence-corrected chi connectivity index (χ3v) is 1.49. The molecule has 9 heavy (non-hydrogen) atoms. The fourth-order valence-electron chi connectivity index (χ4n) is 0.349. The highest BCUT2D eigenvalue weighted by molar-refractivity contribution is 8.01. The van der Waals surface area contributed by atoms with Gasteiger partial charge in [0.15, 0.2) is 0 Å². The quantitative estimate of drug-likeness (QED) is 0.532. The first-order valence-electron chi connectivity index (χ1n) is 2.05. The zero-order chi connectivity index (χ0) is 6.91. The lowest BCUT2D eigenvalue weighted by molar-refractivity contribution is -0.0834. The van der Waals surface area contributed by atoms with Crippen LogP contribution in [0.1, 0.15) is 0 Å². The van der Waals surface area contributed by atoms with Crippen LogP contribution in [0.2, 0.25) is 0 Å². The number of hydrogen-bond acceptors (Lipinski definition) is 2. The van der Waals surface area contributed by atoms with Gasteiger partial charge in [0.05, 0.1) is 6.54 Å². The molecule has 2 radical (unpaired) electrons. The maximum Gasteiger partial charge on any atom is 0.423 e. The van der Waals surface area contributed by atoms with Gasteiger partial charge in [0.1, 0.15) is 4.91 Å². The van der Waals surface area contributed by atoms with Crippen molar-refractivity contribution in [3.8, 4) is 0 Å². The second-order valence-corrected chi connectivity index (χ2v) is 2.20. The molecule has 0 bridgehead atoms. The van der Waals surface area contributed by atoms with E-state index in [1.54, 1.807) is 0 Å². The van der Waals surface area contributed by atoms with E-state index >= 15 is 0 Å². The normalized spacial score (nSPS) is 20.1. The molecule has 1 aliphatic heterocycles. The van der Waals surface area contributed by atoms with Crippen molar-refractivity contribution in [1.82, 2.24) is 4.72 Å². The fraction of sp³-hybridized carbons (Fsp3) is 0.250. The molecule has 50 valence electrons. The van der Waals surface area contributed by atoms with Gasteiger partial charge in [-0.1, -0.05) is 0 Å². The molecule has 0 aliphatic carbocycles. The van der Waals surface area contributed by atoms with Gasteiger partial charge in [-0.25, -0.2) is 4.72 Å². The largest absolute Gasteiger partial charge is 0.423 e. The molecule has 1 nitrogen and oxygen atoms in total. The number of allylic oxidation sites excluding steroid dienone is 1. The van der Waals surface area contributed by atoms with E-state index in [9.17, 15) is 13.2 Å². The molecule has 0 aromatic heterocycles. The van der Waals surface area contributed by atoms with Crippen LogP contribution in [-0.2, 0) is 0 Å². The lowest BCUT2D eigenvalue weighted by atomic mass is 10.5. The Hall–Kier alpha value is -0.160. The number of alkyl halides is 3. The van der Waals surface area contributed by atoms with Crippen LogP contribution in [0.15, 0.2) is 11.0 Å². The van der Waals surface area contributed by atoms with Gasteiger partial charge in [0.2, 0.25) is 0 Å². The van der Waals surface area contributed by atoms with Gasteiger partial charge >= 0.3 is 6.18 Å². The van der Waals surface area contributed by atoms with Gasteiger partial charge in [-0.2, -0.15) is 13.2 Å². The summed E-state index contributed by atoms with van der Waals surface area (Å²) in [4.78, 5) is -0.650. The lowest BCUT2D eigenvalue weighted by Gasteiger charge is -2.03. The van der Waals surface area contributed by atoms with E-state index in [0.29, 0.717) is 11.9 Å². The van der Waals surface area contributed by atoms with Gasteiger partial charge in [-0.15, -0.1) is 0 Å². The molecule has 0 saturated heterocycles. The van der Waals surface area contributed by atoms with Crippen molar-refractivity contribution in [3.63, 3.8) is 0 Å². The zero-order valence-electron chi connectivity index (χ0n) is 4.12. The summed E-state index contributed by atoms with van der Waals surface area (Å²) in [6.45, 7) is 2.21. The second-order valence-electron chi connectivity index (χ2n) is 1.35. The Labute approximate surface area is 54.4 Å². The summed E-state index contributed by atoms with van der Waals surface area (Å²) < 4.78 is 37.0. The van der Waals surface area contributed by atoms with Crippen LogP contribution < -0.4 is 4.72 Å². The lowest BCUT2D eigenvalue weighted by Crippen LogP contribution is -2.07. The minimum absolute atomic E-state index is 0.524. The minimum Gasteiger partial charge on any atom is -0.245 e. The van der Waals surface area contributed by atoms with Gasteiger partial charge in [-0.3, -0.25) is 0 Å². The first kappa shape index (κ1) is 6.95. The molecule has 1 rings (SSSR count). The Morgan fingerprint density at radius 3 is 2.44 bits per heavy atom. The topological polar surface area (TPSA) is 12.0 Å². The van der Waals surface area contributed by atoms with Crippen molar-refractivity contribution < 1.29 is 13.2 Å². The van der Waals surface area contributed by atoms with Crippen molar-refractivity contribution >= 4 is 11.9 Å². The number of halogens is 3. The van der Waals surface area contributed by atoms with E-state index in [-0.39, 0.29) is 0 Å². The first-order chi connectivity index (χ1) is 4.11. The second kappa shape index (κ2) is 2.22. The maximum absolute atomic E-state index is 11.6. The predicted octanol–water partition coefficient (Wildman–Crippen LogP) is 1.72. The summed E-state index contributed by atoms with van der Waals surface area (Å²) in [6, 6.07) is 0. The van der Waals surface area contributed by atoms with Crippen molar-refractivity contribution in [2.24, 2.45) is 0 Å². The highest BCUT2D eigenvalue weighted by Gasteiger charge is 2.35. The molecule has 0 atom stereocenters. The number of rotatable bonds is 0. The molecule has 0 spiro atoms. The standard InChI is InChI=1S/C4H2F3NS/c5-4(6,7)3-1-2-8-9-3/h1,8H. The van der Waals surface area contributed by atoms with E-state index < -0.39 is 11.1 Å². The van der Waals surface area contributed by atoms with Crippen LogP contribution in [0.4, 0.5) is 13.2 Å². The molecule has 0 amide bonds. The van der Waals surface area contributed by atoms with Gasteiger partial charge < -0.3 is 0 Å². The summed E-state index contributed by atoms with van der Waals surface area (Å²) in [5.74, 6) is 0. The highest BCUT2D eigenvalue weighted by Crippen LogP contribution is 2.35. The predicted molar refractivity (Wildman–Crippen MR) is 28.1 cm³/mol. The average molecular weight is 153 g/mol. The van der Waals surface area contributed by atoms with Crippen molar-refractivity contribution in [2.45, 2.75) is 6.18 Å². The third-order valence-electron chi connectivity index (χ3n) is 0.703. The Balaban J connectivity index is 2.61. The molecular formula is C4H2F3NS.